The molecule has 0 heterocycles. The molecule has 0 nitrogen and oxygen atoms in total. The van der Waals surface area contributed by atoms with Crippen molar-refractivity contribution in [3.63, 3.8) is 0 Å². The van der Waals surface area contributed by atoms with Gasteiger partial charge < -0.3 is 13.8 Å². The van der Waals surface area contributed by atoms with Crippen molar-refractivity contribution >= 4 is 8.41 Å². The standard InChI is InChI=1S/2C3H7.2CH4.B.Rf/c2*1-3-2;;;;/h2*1,3H2,2H3;2*1H4;;/q2*-1;;;;. The van der Waals surface area contributed by atoms with E-state index in [4.69, 9.17) is 0 Å². The largest absolute Gasteiger partial charge is 0.344 e. The minimum Gasteiger partial charge on any atom is -0.344 e. The molecule has 0 fully saturated rings. The molecular formula is C8H22BRf-2. The molecule has 0 aromatic heterocycles. The number of rotatable bonds is 0. The minimum absolute atomic E-state index is 0. The third kappa shape index (κ3) is 297. The molecule has 0 unspecified atom stereocenters. The smallest absolute Gasteiger partial charge is 0 e. The van der Waals surface area contributed by atoms with Crippen molar-refractivity contribution in [3.05, 3.63) is 13.8 Å². The monoisotopic (exact) mass is 396 g/mol. The van der Waals surface area contributed by atoms with Crippen LogP contribution in [0.25, 0.3) is 0 Å². The van der Waals surface area contributed by atoms with Crippen LogP contribution >= 0.6 is 0 Å². The van der Waals surface area contributed by atoms with Crippen LogP contribution in [0.5, 0.6) is 0 Å². The summed E-state index contributed by atoms with van der Waals surface area (Å²) in [7, 11) is 0. The van der Waals surface area contributed by atoms with Crippen LogP contribution in [0, 0.1) is 13.8 Å². The van der Waals surface area contributed by atoms with Crippen LogP contribution in [0.4, 0.5) is 0 Å². The maximum absolute atomic E-state index is 3.49. The Hall–Kier alpha value is -0.935. The predicted molar refractivity (Wildman–Crippen MR) is 50.5 cm³/mol. The summed E-state index contributed by atoms with van der Waals surface area (Å²) in [5.41, 5.74) is 0. The van der Waals surface area contributed by atoms with Crippen LogP contribution in [0.3, 0.4) is 0 Å². The average molecular weight is 396 g/mol. The molecule has 0 aliphatic carbocycles. The zero-order valence-corrected chi connectivity index (χ0v) is 12.5. The maximum atomic E-state index is 3.49. The molecule has 0 atom stereocenters. The Labute approximate surface area is 64.6 Å². The molecule has 0 saturated heterocycles. The molecule has 0 saturated carbocycles. The number of hydrogen-bond acceptors (Lipinski definition) is 0. The van der Waals surface area contributed by atoms with E-state index in [1.807, 2.05) is 13.8 Å². The number of hydrogen-bond donors (Lipinski definition) is 0. The van der Waals surface area contributed by atoms with E-state index < -0.39 is 0 Å². The predicted octanol–water partition coefficient (Wildman–Crippen LogP) is 3.35. The van der Waals surface area contributed by atoms with Crippen LogP contribution in [0.15, 0.2) is 0 Å². The van der Waals surface area contributed by atoms with E-state index in [0.29, 0.717) is 0 Å². The SMILES string of the molecule is C.C.[B].[CH2-]CC.[CH2-]CC.[Rf]. The van der Waals surface area contributed by atoms with E-state index in [-0.39, 0.29) is 23.3 Å². The summed E-state index contributed by atoms with van der Waals surface area (Å²) in [6, 6.07) is 0. The Morgan fingerprint density at radius 2 is 0.900 bits per heavy atom. The van der Waals surface area contributed by atoms with Crippen molar-refractivity contribution in [1.82, 2.24) is 0 Å². The summed E-state index contributed by atoms with van der Waals surface area (Å²) in [4.78, 5) is 0. The molecule has 0 aliphatic rings. The van der Waals surface area contributed by atoms with Gasteiger partial charge in [0.1, 0.15) is 0 Å². The Bertz CT molecular complexity index is 11.2. The third-order valence-corrected chi connectivity index (χ3v) is 0. The molecule has 2 heteroatoms. The van der Waals surface area contributed by atoms with Gasteiger partial charge in [-0.1, -0.05) is 28.7 Å². The minimum atomic E-state index is 0. The van der Waals surface area contributed by atoms with Crippen molar-refractivity contribution in [2.24, 2.45) is 0 Å². The molecule has 3 radical (unpaired) electrons. The fourth-order valence-corrected chi connectivity index (χ4v) is 0. The summed E-state index contributed by atoms with van der Waals surface area (Å²) in [5, 5.41) is 0. The summed E-state index contributed by atoms with van der Waals surface area (Å²) < 4.78 is 0. The van der Waals surface area contributed by atoms with Gasteiger partial charge in [0.15, 0.2) is 0 Å². The van der Waals surface area contributed by atoms with Crippen molar-refractivity contribution in [3.8, 4) is 0 Å². The maximum Gasteiger partial charge on any atom is 0 e. The van der Waals surface area contributed by atoms with Gasteiger partial charge in [-0.15, -0.1) is 0 Å². The first-order chi connectivity index (χ1) is 2.83. The summed E-state index contributed by atoms with van der Waals surface area (Å²) in [6.45, 7) is 11.0. The Balaban J connectivity index is -0.00000000571. The van der Waals surface area contributed by atoms with Crippen LogP contribution < -0.4 is 0 Å². The fraction of sp³-hybridized carbons (Fsp3) is 0.750. The van der Waals surface area contributed by atoms with Crippen LogP contribution in [0.2, 0.25) is 0 Å². The van der Waals surface area contributed by atoms with Crippen molar-refractivity contribution in [2.75, 3.05) is 0 Å². The zero-order chi connectivity index (χ0) is 5.41. The van der Waals surface area contributed by atoms with E-state index in [0.717, 1.165) is 12.8 Å². The van der Waals surface area contributed by atoms with Gasteiger partial charge in [-0.2, -0.15) is 12.8 Å². The molecule has 10 heavy (non-hydrogen) atoms. The van der Waals surface area contributed by atoms with E-state index in [9.17, 15) is 0 Å². The van der Waals surface area contributed by atoms with Crippen molar-refractivity contribution < 1.29 is 0 Å². The Morgan fingerprint density at radius 1 is 0.900 bits per heavy atom. The van der Waals surface area contributed by atoms with Gasteiger partial charge in [0.2, 0.25) is 0 Å². The molecule has 0 aliphatic heterocycles. The van der Waals surface area contributed by atoms with E-state index in [1.165, 1.54) is 0 Å². The Morgan fingerprint density at radius 3 is 0.900 bits per heavy atom. The van der Waals surface area contributed by atoms with Gasteiger partial charge in [-0.05, 0) is 0 Å². The normalized spacial score (nSPS) is 3.60. The van der Waals surface area contributed by atoms with Gasteiger partial charge in [0, 0.05) is 8.41 Å². The van der Waals surface area contributed by atoms with Crippen molar-refractivity contribution in [1.29, 1.82) is 0 Å². The van der Waals surface area contributed by atoms with Gasteiger partial charge in [-0.25, -0.2) is 0 Å². The average Bonchev–Trinajstić information content (AvgIpc) is 1.39. The van der Waals surface area contributed by atoms with Gasteiger partial charge in [0.25, 0.3) is 0 Å². The van der Waals surface area contributed by atoms with E-state index in [2.05, 4.69) is 13.8 Å². The second-order valence-corrected chi connectivity index (χ2v) is 1.000. The molecule has 0 N–H and O–H groups in total. The van der Waals surface area contributed by atoms with Gasteiger partial charge in [0.05, 0.1) is 0 Å². The topological polar surface area (TPSA) is 0 Å². The summed E-state index contributed by atoms with van der Waals surface area (Å²) in [5.74, 6) is 0. The molecule has 0 aromatic carbocycles. The summed E-state index contributed by atoms with van der Waals surface area (Å²) >= 11 is 0. The molecular weight excluding hydrogens is 374 g/mol. The van der Waals surface area contributed by atoms with Gasteiger partial charge >= 0.3 is 0 Å². The van der Waals surface area contributed by atoms with Gasteiger partial charge in [-0.3, -0.25) is 0 Å². The molecule has 0 rings (SSSR count). The zero-order valence-electron chi connectivity index (χ0n) is 6.11. The Kier molecular flexibility index (Phi) is 2230. The molecule has 0 spiro atoms. The third-order valence-electron chi connectivity index (χ3n) is 0. The molecule has 0 amide bonds. The van der Waals surface area contributed by atoms with Crippen LogP contribution in [-0.2, 0) is 0 Å². The fourth-order valence-electron chi connectivity index (χ4n) is 0. The summed E-state index contributed by atoms with van der Waals surface area (Å²) in [6.07, 6.45) is 2.00. The first-order valence-corrected chi connectivity index (χ1v) is 2.41. The van der Waals surface area contributed by atoms with Crippen LogP contribution in [-0.4, -0.2) is 8.41 Å². The van der Waals surface area contributed by atoms with Crippen LogP contribution in [0.1, 0.15) is 41.5 Å². The second kappa shape index (κ2) is 355. The van der Waals surface area contributed by atoms with E-state index in [1.54, 1.807) is 0 Å². The second-order valence-electron chi connectivity index (χ2n) is 1.000. The first-order valence-electron chi connectivity index (χ1n) is 2.41. The molecule has 0 aromatic rings. The van der Waals surface area contributed by atoms with E-state index >= 15 is 0 Å². The first kappa shape index (κ1) is 62.8. The quantitative estimate of drug-likeness (QED) is 0.436. The molecule has 61 valence electrons. The molecule has 0 bridgehead atoms. The van der Waals surface area contributed by atoms with Crippen molar-refractivity contribution in [2.45, 2.75) is 41.5 Å².